The van der Waals surface area contributed by atoms with E-state index in [4.69, 9.17) is 0 Å². The van der Waals surface area contributed by atoms with Crippen LogP contribution in [0.3, 0.4) is 0 Å². The van der Waals surface area contributed by atoms with Crippen molar-refractivity contribution in [2.75, 3.05) is 0 Å². The molecule has 114 valence electrons. The Labute approximate surface area is 122 Å². The summed E-state index contributed by atoms with van der Waals surface area (Å²) < 4.78 is 40.8. The maximum Gasteiger partial charge on any atom is 0.433 e. The Morgan fingerprint density at radius 1 is 1.10 bits per heavy atom. The van der Waals surface area contributed by atoms with Crippen molar-refractivity contribution in [3.05, 3.63) is 52.8 Å². The van der Waals surface area contributed by atoms with Crippen molar-refractivity contribution in [1.82, 2.24) is 9.78 Å². The van der Waals surface area contributed by atoms with E-state index in [-0.39, 0.29) is 18.0 Å². The smallest absolute Gasteiger partial charge is 0.258 e. The number of rotatable bonds is 4. The summed E-state index contributed by atoms with van der Waals surface area (Å²) in [6.45, 7) is 5.44. The number of benzene rings is 1. The summed E-state index contributed by atoms with van der Waals surface area (Å²) in [7, 11) is 0. The second-order valence-corrected chi connectivity index (χ2v) is 5.40. The molecule has 0 bridgehead atoms. The van der Waals surface area contributed by atoms with Crippen LogP contribution < -0.4 is 0 Å². The molecule has 21 heavy (non-hydrogen) atoms. The number of alkyl halides is 3. The molecule has 0 aliphatic carbocycles. The Hall–Kier alpha value is -1.78. The fourth-order valence-electron chi connectivity index (χ4n) is 2.34. The quantitative estimate of drug-likeness (QED) is 0.804. The molecule has 0 aliphatic heterocycles. The third-order valence-corrected chi connectivity index (χ3v) is 3.45. The average molecular weight is 296 g/mol. The Balaban J connectivity index is 2.35. The lowest BCUT2D eigenvalue weighted by atomic mass is 10.0. The van der Waals surface area contributed by atoms with E-state index in [1.165, 1.54) is 11.8 Å². The molecule has 1 aromatic carbocycles. The summed E-state index contributed by atoms with van der Waals surface area (Å²) >= 11 is 0. The molecule has 5 heteroatoms. The molecule has 0 atom stereocenters. The highest BCUT2D eigenvalue weighted by molar-refractivity contribution is 5.31. The monoisotopic (exact) mass is 296 g/mol. The van der Waals surface area contributed by atoms with Gasteiger partial charge in [-0.05, 0) is 31.4 Å². The molecule has 0 N–H and O–H groups in total. The number of aromatic nitrogens is 2. The third-order valence-electron chi connectivity index (χ3n) is 3.45. The van der Waals surface area contributed by atoms with Crippen molar-refractivity contribution in [2.24, 2.45) is 0 Å². The van der Waals surface area contributed by atoms with Crippen molar-refractivity contribution in [2.45, 2.75) is 45.8 Å². The van der Waals surface area contributed by atoms with Crippen molar-refractivity contribution >= 4 is 0 Å². The maximum atomic E-state index is 13.3. The van der Waals surface area contributed by atoms with Gasteiger partial charge in [-0.1, -0.05) is 31.2 Å². The van der Waals surface area contributed by atoms with Gasteiger partial charge < -0.3 is 0 Å². The SMILES string of the molecule is CCc1ccc(Cc2cnn(C(C)C)c2C(F)(F)F)cc1. The number of hydrogen-bond donors (Lipinski definition) is 0. The van der Waals surface area contributed by atoms with Gasteiger partial charge in [0.15, 0.2) is 0 Å². The number of nitrogens with zero attached hydrogens (tertiary/aromatic N) is 2. The van der Waals surface area contributed by atoms with Crippen LogP contribution in [0.4, 0.5) is 13.2 Å². The summed E-state index contributed by atoms with van der Waals surface area (Å²) in [5.74, 6) is 0. The predicted octanol–water partition coefficient (Wildman–Crippen LogP) is 4.64. The lowest BCUT2D eigenvalue weighted by Gasteiger charge is -2.15. The molecular weight excluding hydrogens is 277 g/mol. The van der Waals surface area contributed by atoms with Crippen LogP contribution >= 0.6 is 0 Å². The summed E-state index contributed by atoms with van der Waals surface area (Å²) in [6, 6.07) is 7.35. The number of aryl methyl sites for hydroxylation is 1. The lowest BCUT2D eigenvalue weighted by Crippen LogP contribution is -2.18. The van der Waals surface area contributed by atoms with Crippen LogP contribution in [0.15, 0.2) is 30.5 Å². The van der Waals surface area contributed by atoms with Crippen LogP contribution in [0, 0.1) is 0 Å². The highest BCUT2D eigenvalue weighted by Gasteiger charge is 2.38. The molecule has 0 radical (unpaired) electrons. The second kappa shape index (κ2) is 5.92. The van der Waals surface area contributed by atoms with Crippen molar-refractivity contribution in [3.8, 4) is 0 Å². The normalized spacial score (nSPS) is 12.1. The van der Waals surface area contributed by atoms with Gasteiger partial charge in [0.05, 0.1) is 6.20 Å². The van der Waals surface area contributed by atoms with E-state index in [0.717, 1.165) is 16.7 Å². The predicted molar refractivity (Wildman–Crippen MR) is 76.2 cm³/mol. The summed E-state index contributed by atoms with van der Waals surface area (Å²) in [5, 5.41) is 3.91. The van der Waals surface area contributed by atoms with Crippen LogP contribution in [0.1, 0.15) is 49.2 Å². The van der Waals surface area contributed by atoms with Gasteiger partial charge in [0.1, 0.15) is 5.69 Å². The fourth-order valence-corrected chi connectivity index (χ4v) is 2.34. The Morgan fingerprint density at radius 3 is 2.14 bits per heavy atom. The van der Waals surface area contributed by atoms with Crippen LogP contribution in [-0.2, 0) is 19.0 Å². The van der Waals surface area contributed by atoms with E-state index in [9.17, 15) is 13.2 Å². The van der Waals surface area contributed by atoms with Gasteiger partial charge in [-0.25, -0.2) is 0 Å². The van der Waals surface area contributed by atoms with Crippen molar-refractivity contribution in [1.29, 1.82) is 0 Å². The Kier molecular flexibility index (Phi) is 4.40. The maximum absolute atomic E-state index is 13.3. The first-order chi connectivity index (χ1) is 9.82. The standard InChI is InChI=1S/C16H19F3N2/c1-4-12-5-7-13(8-6-12)9-14-10-20-21(11(2)3)15(14)16(17,18)19/h5-8,10-11H,4,9H2,1-3H3. The largest absolute Gasteiger partial charge is 0.433 e. The van der Waals surface area contributed by atoms with Gasteiger partial charge in [-0.15, -0.1) is 0 Å². The number of halogens is 3. The molecule has 0 fully saturated rings. The van der Waals surface area contributed by atoms with Gasteiger partial charge in [-0.2, -0.15) is 18.3 Å². The van der Waals surface area contributed by atoms with Gasteiger partial charge >= 0.3 is 6.18 Å². The van der Waals surface area contributed by atoms with Crippen LogP contribution in [0.25, 0.3) is 0 Å². The molecule has 1 aromatic heterocycles. The number of hydrogen-bond acceptors (Lipinski definition) is 1. The van der Waals surface area contributed by atoms with E-state index >= 15 is 0 Å². The zero-order valence-electron chi connectivity index (χ0n) is 12.4. The molecular formula is C16H19F3N2. The lowest BCUT2D eigenvalue weighted by molar-refractivity contribution is -0.145. The van der Waals surface area contributed by atoms with Crippen LogP contribution in [0.5, 0.6) is 0 Å². The summed E-state index contributed by atoms with van der Waals surface area (Å²) in [6.07, 6.45) is -1.90. The molecule has 0 amide bonds. The average Bonchev–Trinajstić information content (AvgIpc) is 2.83. The first-order valence-electron chi connectivity index (χ1n) is 7.04. The molecule has 0 aliphatic rings. The van der Waals surface area contributed by atoms with Gasteiger partial charge in [0.2, 0.25) is 0 Å². The summed E-state index contributed by atoms with van der Waals surface area (Å²) in [4.78, 5) is 0. The van der Waals surface area contributed by atoms with Gasteiger partial charge in [0, 0.05) is 18.0 Å². The minimum Gasteiger partial charge on any atom is -0.258 e. The fraction of sp³-hybridized carbons (Fsp3) is 0.438. The molecule has 2 nitrogen and oxygen atoms in total. The highest BCUT2D eigenvalue weighted by atomic mass is 19.4. The third kappa shape index (κ3) is 3.46. The summed E-state index contributed by atoms with van der Waals surface area (Å²) in [5.41, 5.74) is 1.62. The zero-order chi connectivity index (χ0) is 15.6. The highest BCUT2D eigenvalue weighted by Crippen LogP contribution is 2.34. The minimum absolute atomic E-state index is 0.223. The van der Waals surface area contributed by atoms with Crippen LogP contribution in [0.2, 0.25) is 0 Å². The first-order valence-corrected chi connectivity index (χ1v) is 7.04. The first kappa shape index (κ1) is 15.6. The van der Waals surface area contributed by atoms with E-state index in [1.807, 2.05) is 31.2 Å². The van der Waals surface area contributed by atoms with E-state index in [2.05, 4.69) is 5.10 Å². The molecule has 0 spiro atoms. The van der Waals surface area contributed by atoms with Crippen LogP contribution in [-0.4, -0.2) is 9.78 Å². The Morgan fingerprint density at radius 2 is 1.67 bits per heavy atom. The molecule has 0 unspecified atom stereocenters. The van der Waals surface area contributed by atoms with E-state index < -0.39 is 11.9 Å². The zero-order valence-corrected chi connectivity index (χ0v) is 12.4. The van der Waals surface area contributed by atoms with Crippen molar-refractivity contribution < 1.29 is 13.2 Å². The van der Waals surface area contributed by atoms with Crippen molar-refractivity contribution in [3.63, 3.8) is 0 Å². The van der Waals surface area contributed by atoms with Gasteiger partial charge in [0.25, 0.3) is 0 Å². The molecule has 0 saturated heterocycles. The van der Waals surface area contributed by atoms with Gasteiger partial charge in [-0.3, -0.25) is 4.68 Å². The minimum atomic E-state index is -4.39. The second-order valence-electron chi connectivity index (χ2n) is 5.40. The van der Waals surface area contributed by atoms with E-state index in [1.54, 1.807) is 13.8 Å². The molecule has 2 rings (SSSR count). The molecule has 0 saturated carbocycles. The topological polar surface area (TPSA) is 17.8 Å². The Bertz CT molecular complexity index is 595. The molecule has 2 aromatic rings. The molecule has 1 heterocycles. The van der Waals surface area contributed by atoms with E-state index in [0.29, 0.717) is 0 Å².